The van der Waals surface area contributed by atoms with Crippen molar-refractivity contribution >= 4 is 46.5 Å². The molecule has 0 saturated carbocycles. The van der Waals surface area contributed by atoms with Crippen LogP contribution in [0.4, 0.5) is 11.4 Å². The summed E-state index contributed by atoms with van der Waals surface area (Å²) >= 11 is 11.9. The summed E-state index contributed by atoms with van der Waals surface area (Å²) in [7, 11) is 0. The molecule has 7 heteroatoms. The molecule has 5 nitrogen and oxygen atoms in total. The van der Waals surface area contributed by atoms with E-state index in [2.05, 4.69) is 5.32 Å². The minimum atomic E-state index is -1.19. The second kappa shape index (κ2) is 6.03. The average Bonchev–Trinajstić information content (AvgIpc) is 2.42. The van der Waals surface area contributed by atoms with Crippen LogP contribution in [-0.2, 0) is 0 Å². The number of carboxylic acid groups (broad SMARTS) is 2. The molecule has 0 heterocycles. The monoisotopic (exact) mass is 325 g/mol. The van der Waals surface area contributed by atoms with E-state index in [1.807, 2.05) is 0 Å². The molecule has 108 valence electrons. The standard InChI is InChI=1S/C14H9Cl2NO4/c15-8-2-4-10(16)12(6-8)17-11-5-7(13(18)19)1-3-9(11)14(20)21/h1-6,17H,(H,18,19)(H,20,21). The number of anilines is 2. The normalized spacial score (nSPS) is 10.2. The molecule has 21 heavy (non-hydrogen) atoms. The molecule has 0 bridgehead atoms. The topological polar surface area (TPSA) is 86.6 Å². The number of rotatable bonds is 4. The van der Waals surface area contributed by atoms with Crippen LogP contribution in [0.3, 0.4) is 0 Å². The van der Waals surface area contributed by atoms with Crippen LogP contribution < -0.4 is 5.32 Å². The molecular formula is C14H9Cl2NO4. The summed E-state index contributed by atoms with van der Waals surface area (Å²) in [5, 5.41) is 21.7. The third-order valence-electron chi connectivity index (χ3n) is 2.69. The van der Waals surface area contributed by atoms with Crippen molar-refractivity contribution in [2.24, 2.45) is 0 Å². The minimum Gasteiger partial charge on any atom is -0.478 e. The molecule has 0 aliphatic rings. The van der Waals surface area contributed by atoms with Crippen LogP contribution in [0.1, 0.15) is 20.7 Å². The molecule has 0 radical (unpaired) electrons. The van der Waals surface area contributed by atoms with Gasteiger partial charge in [-0.05, 0) is 36.4 Å². The molecule has 0 unspecified atom stereocenters. The zero-order chi connectivity index (χ0) is 15.6. The van der Waals surface area contributed by atoms with Crippen LogP contribution in [0.15, 0.2) is 36.4 Å². The maximum absolute atomic E-state index is 11.2. The quantitative estimate of drug-likeness (QED) is 0.786. The number of carboxylic acids is 2. The summed E-state index contributed by atoms with van der Waals surface area (Å²) in [4.78, 5) is 22.2. The Morgan fingerprint density at radius 1 is 0.905 bits per heavy atom. The molecule has 2 aromatic carbocycles. The minimum absolute atomic E-state index is 0.0411. The van der Waals surface area contributed by atoms with Crippen LogP contribution >= 0.6 is 23.2 Å². The van der Waals surface area contributed by atoms with Crippen molar-refractivity contribution in [2.45, 2.75) is 0 Å². The second-order valence-corrected chi connectivity index (χ2v) is 4.96. The molecule has 0 aliphatic carbocycles. The molecule has 0 fully saturated rings. The fourth-order valence-corrected chi connectivity index (χ4v) is 2.04. The Morgan fingerprint density at radius 3 is 2.24 bits per heavy atom. The molecule has 0 aliphatic heterocycles. The van der Waals surface area contributed by atoms with Gasteiger partial charge in [-0.2, -0.15) is 0 Å². The number of aromatic carboxylic acids is 2. The van der Waals surface area contributed by atoms with Gasteiger partial charge in [0, 0.05) is 5.02 Å². The van der Waals surface area contributed by atoms with Crippen molar-refractivity contribution in [3.63, 3.8) is 0 Å². The lowest BCUT2D eigenvalue weighted by molar-refractivity contribution is 0.0682. The van der Waals surface area contributed by atoms with Gasteiger partial charge in [0.2, 0.25) is 0 Å². The van der Waals surface area contributed by atoms with Crippen LogP contribution in [-0.4, -0.2) is 22.2 Å². The zero-order valence-corrected chi connectivity index (χ0v) is 11.9. The summed E-state index contributed by atoms with van der Waals surface area (Å²) < 4.78 is 0. The summed E-state index contributed by atoms with van der Waals surface area (Å²) in [5.41, 5.74) is 0.387. The predicted molar refractivity (Wildman–Crippen MR) is 80.1 cm³/mol. The molecule has 3 N–H and O–H groups in total. The first-order chi connectivity index (χ1) is 9.88. The van der Waals surface area contributed by atoms with E-state index < -0.39 is 11.9 Å². The van der Waals surface area contributed by atoms with Crippen molar-refractivity contribution in [2.75, 3.05) is 5.32 Å². The van der Waals surface area contributed by atoms with E-state index >= 15 is 0 Å². The lowest BCUT2D eigenvalue weighted by Gasteiger charge is -2.12. The van der Waals surface area contributed by atoms with Gasteiger partial charge in [0.15, 0.2) is 0 Å². The highest BCUT2D eigenvalue weighted by Gasteiger charge is 2.14. The predicted octanol–water partition coefficient (Wildman–Crippen LogP) is 4.13. The van der Waals surface area contributed by atoms with Gasteiger partial charge in [-0.25, -0.2) is 9.59 Å². The fourth-order valence-electron chi connectivity index (χ4n) is 1.71. The first-order valence-corrected chi connectivity index (χ1v) is 6.47. The van der Waals surface area contributed by atoms with Crippen LogP contribution in [0.5, 0.6) is 0 Å². The van der Waals surface area contributed by atoms with E-state index in [0.717, 1.165) is 0 Å². The van der Waals surface area contributed by atoms with E-state index in [1.54, 1.807) is 12.1 Å². The van der Waals surface area contributed by atoms with Gasteiger partial charge in [-0.1, -0.05) is 23.2 Å². The van der Waals surface area contributed by atoms with Gasteiger partial charge >= 0.3 is 11.9 Å². The van der Waals surface area contributed by atoms with Crippen molar-refractivity contribution in [1.82, 2.24) is 0 Å². The largest absolute Gasteiger partial charge is 0.478 e. The highest BCUT2D eigenvalue weighted by atomic mass is 35.5. The van der Waals surface area contributed by atoms with Crippen molar-refractivity contribution in [1.29, 1.82) is 0 Å². The van der Waals surface area contributed by atoms with Gasteiger partial charge in [-0.3, -0.25) is 0 Å². The van der Waals surface area contributed by atoms with E-state index in [-0.39, 0.29) is 16.8 Å². The summed E-state index contributed by atoms with van der Waals surface area (Å²) in [6.07, 6.45) is 0. The molecular weight excluding hydrogens is 317 g/mol. The van der Waals surface area contributed by atoms with Crippen molar-refractivity contribution < 1.29 is 19.8 Å². The molecule has 0 saturated heterocycles. The number of benzene rings is 2. The Kier molecular flexibility index (Phi) is 4.35. The highest BCUT2D eigenvalue weighted by molar-refractivity contribution is 6.35. The molecule has 2 rings (SSSR count). The second-order valence-electron chi connectivity index (χ2n) is 4.12. The lowest BCUT2D eigenvalue weighted by Crippen LogP contribution is -2.06. The Balaban J connectivity index is 2.50. The third kappa shape index (κ3) is 3.45. The lowest BCUT2D eigenvalue weighted by atomic mass is 10.1. The first-order valence-electron chi connectivity index (χ1n) is 5.71. The van der Waals surface area contributed by atoms with Gasteiger partial charge < -0.3 is 15.5 Å². The summed E-state index contributed by atoms with van der Waals surface area (Å²) in [6, 6.07) is 8.31. The van der Waals surface area contributed by atoms with E-state index in [4.69, 9.17) is 33.4 Å². The number of halogens is 2. The third-order valence-corrected chi connectivity index (χ3v) is 3.26. The molecule has 0 amide bonds. The number of nitrogens with one attached hydrogen (secondary N) is 1. The summed E-state index contributed by atoms with van der Waals surface area (Å²) in [5.74, 6) is -2.35. The van der Waals surface area contributed by atoms with Gasteiger partial charge in [0.1, 0.15) is 0 Å². The van der Waals surface area contributed by atoms with Crippen LogP contribution in [0.2, 0.25) is 10.0 Å². The number of carbonyl (C=O) groups is 2. The van der Waals surface area contributed by atoms with Gasteiger partial charge in [0.25, 0.3) is 0 Å². The first kappa shape index (κ1) is 15.2. The van der Waals surface area contributed by atoms with Crippen LogP contribution in [0.25, 0.3) is 0 Å². The molecule has 0 spiro atoms. The zero-order valence-electron chi connectivity index (χ0n) is 10.4. The smallest absolute Gasteiger partial charge is 0.337 e. The highest BCUT2D eigenvalue weighted by Crippen LogP contribution is 2.30. The van der Waals surface area contributed by atoms with Crippen molar-refractivity contribution in [3.05, 3.63) is 57.6 Å². The fraction of sp³-hybridized carbons (Fsp3) is 0. The molecule has 0 atom stereocenters. The van der Waals surface area contributed by atoms with E-state index in [1.165, 1.54) is 24.3 Å². The Hall–Kier alpha value is -2.24. The Bertz CT molecular complexity index is 731. The average molecular weight is 326 g/mol. The Morgan fingerprint density at radius 2 is 1.62 bits per heavy atom. The maximum Gasteiger partial charge on any atom is 0.337 e. The number of hydrogen-bond acceptors (Lipinski definition) is 3. The molecule has 2 aromatic rings. The van der Waals surface area contributed by atoms with Crippen molar-refractivity contribution in [3.8, 4) is 0 Å². The maximum atomic E-state index is 11.2. The van der Waals surface area contributed by atoms with E-state index in [0.29, 0.717) is 15.7 Å². The van der Waals surface area contributed by atoms with E-state index in [9.17, 15) is 9.59 Å². The molecule has 0 aromatic heterocycles. The summed E-state index contributed by atoms with van der Waals surface area (Å²) in [6.45, 7) is 0. The van der Waals surface area contributed by atoms with Gasteiger partial charge in [0.05, 0.1) is 27.5 Å². The Labute approximate surface area is 129 Å². The van der Waals surface area contributed by atoms with Crippen LogP contribution in [0, 0.1) is 0 Å². The van der Waals surface area contributed by atoms with Gasteiger partial charge in [-0.15, -0.1) is 0 Å². The number of hydrogen-bond donors (Lipinski definition) is 3. The SMILES string of the molecule is O=C(O)c1ccc(C(=O)O)c(Nc2cc(Cl)ccc2Cl)c1.